The number of carbonyl (C=O) groups is 1. The minimum atomic E-state index is -4.49. The van der Waals surface area contributed by atoms with Crippen molar-refractivity contribution < 1.29 is 18.0 Å². The van der Waals surface area contributed by atoms with E-state index < -0.39 is 24.4 Å². The van der Waals surface area contributed by atoms with E-state index in [1.54, 1.807) is 13.8 Å². The van der Waals surface area contributed by atoms with Gasteiger partial charge in [0.25, 0.3) is 0 Å². The number of nitrogens with zero attached hydrogens (tertiary/aromatic N) is 2. The van der Waals surface area contributed by atoms with Gasteiger partial charge in [-0.25, -0.2) is 0 Å². The van der Waals surface area contributed by atoms with Crippen LogP contribution >= 0.6 is 0 Å². The Morgan fingerprint density at radius 1 is 1.53 bits per heavy atom. The number of alkyl halides is 3. The van der Waals surface area contributed by atoms with Gasteiger partial charge in [-0.05, 0) is 13.8 Å². The fraction of sp³-hybridized carbons (Fsp3) is 0.778. The average Bonchev–Trinajstić information content (AvgIpc) is 2.10. The molecule has 0 aromatic rings. The summed E-state index contributed by atoms with van der Waals surface area (Å²) in [6, 6.07) is 1.87. The maximum atomic E-state index is 11.9. The van der Waals surface area contributed by atoms with Crippen LogP contribution in [0.3, 0.4) is 0 Å². The molecule has 1 atom stereocenters. The Hall–Kier alpha value is -1.25. The minimum Gasteiger partial charge on any atom is -0.341 e. The molecule has 0 rings (SSSR count). The SMILES string of the molecule is CCN(CC(C)C#N)C(=O)CC(F)(F)F. The molecule has 1 amide bonds. The van der Waals surface area contributed by atoms with E-state index in [-0.39, 0.29) is 13.1 Å². The molecule has 3 nitrogen and oxygen atoms in total. The van der Waals surface area contributed by atoms with Crippen LogP contribution in [0.5, 0.6) is 0 Å². The first kappa shape index (κ1) is 13.8. The number of hydrogen-bond acceptors (Lipinski definition) is 2. The number of carbonyl (C=O) groups excluding carboxylic acids is 1. The lowest BCUT2D eigenvalue weighted by molar-refractivity contribution is -0.161. The van der Waals surface area contributed by atoms with Crippen molar-refractivity contribution in [1.29, 1.82) is 5.26 Å². The predicted octanol–water partition coefficient (Wildman–Crippen LogP) is 1.95. The molecule has 0 aromatic heterocycles. The average molecular weight is 222 g/mol. The van der Waals surface area contributed by atoms with E-state index in [0.717, 1.165) is 4.90 Å². The number of nitriles is 1. The van der Waals surface area contributed by atoms with Gasteiger partial charge in [-0.3, -0.25) is 4.79 Å². The van der Waals surface area contributed by atoms with Gasteiger partial charge in [0, 0.05) is 13.1 Å². The lowest BCUT2D eigenvalue weighted by Gasteiger charge is -2.22. The summed E-state index contributed by atoms with van der Waals surface area (Å²) in [4.78, 5) is 12.2. The van der Waals surface area contributed by atoms with E-state index in [4.69, 9.17) is 5.26 Å². The first-order valence-corrected chi connectivity index (χ1v) is 4.54. The molecule has 15 heavy (non-hydrogen) atoms. The summed E-state index contributed by atoms with van der Waals surface area (Å²) >= 11 is 0. The van der Waals surface area contributed by atoms with Crippen molar-refractivity contribution in [2.75, 3.05) is 13.1 Å². The van der Waals surface area contributed by atoms with Gasteiger partial charge in [-0.2, -0.15) is 18.4 Å². The molecular formula is C9H13F3N2O. The van der Waals surface area contributed by atoms with Crippen LogP contribution in [0.2, 0.25) is 0 Å². The Morgan fingerprint density at radius 3 is 2.40 bits per heavy atom. The molecule has 6 heteroatoms. The second-order valence-electron chi connectivity index (χ2n) is 3.25. The van der Waals surface area contributed by atoms with Gasteiger partial charge in [0.15, 0.2) is 0 Å². The Labute approximate surface area is 86.5 Å². The van der Waals surface area contributed by atoms with Crippen LogP contribution in [-0.4, -0.2) is 30.1 Å². The van der Waals surface area contributed by atoms with E-state index in [9.17, 15) is 18.0 Å². The fourth-order valence-electron chi connectivity index (χ4n) is 1.06. The Balaban J connectivity index is 4.30. The van der Waals surface area contributed by atoms with Crippen LogP contribution < -0.4 is 0 Å². The molecule has 0 saturated heterocycles. The molecule has 0 aliphatic rings. The summed E-state index contributed by atoms with van der Waals surface area (Å²) < 4.78 is 35.7. The second-order valence-corrected chi connectivity index (χ2v) is 3.25. The monoisotopic (exact) mass is 222 g/mol. The van der Waals surface area contributed by atoms with Crippen LogP contribution in [0.4, 0.5) is 13.2 Å². The third-order valence-electron chi connectivity index (χ3n) is 1.80. The van der Waals surface area contributed by atoms with Crippen molar-refractivity contribution in [3.8, 4) is 6.07 Å². The first-order valence-electron chi connectivity index (χ1n) is 4.54. The second kappa shape index (κ2) is 5.59. The minimum absolute atomic E-state index is 0.0436. The quantitative estimate of drug-likeness (QED) is 0.729. The lowest BCUT2D eigenvalue weighted by Crippen LogP contribution is -2.36. The van der Waals surface area contributed by atoms with Gasteiger partial charge in [0.2, 0.25) is 5.91 Å². The van der Waals surface area contributed by atoms with Gasteiger partial charge in [-0.15, -0.1) is 0 Å². The molecule has 0 aliphatic heterocycles. The molecule has 0 N–H and O–H groups in total. The zero-order valence-electron chi connectivity index (χ0n) is 8.64. The Morgan fingerprint density at radius 2 is 2.07 bits per heavy atom. The van der Waals surface area contributed by atoms with Gasteiger partial charge in [0.1, 0.15) is 6.42 Å². The summed E-state index contributed by atoms with van der Waals surface area (Å²) in [7, 11) is 0. The van der Waals surface area contributed by atoms with E-state index in [0.29, 0.717) is 0 Å². The summed E-state index contributed by atoms with van der Waals surface area (Å²) in [5, 5.41) is 8.48. The molecule has 1 unspecified atom stereocenters. The molecular weight excluding hydrogens is 209 g/mol. The summed E-state index contributed by atoms with van der Waals surface area (Å²) in [5.74, 6) is -1.44. The number of hydrogen-bond donors (Lipinski definition) is 0. The summed E-state index contributed by atoms with van der Waals surface area (Å²) in [6.45, 7) is 3.37. The van der Waals surface area contributed by atoms with E-state index in [1.807, 2.05) is 6.07 Å². The highest BCUT2D eigenvalue weighted by molar-refractivity contribution is 5.76. The molecule has 86 valence electrons. The van der Waals surface area contributed by atoms with Gasteiger partial charge >= 0.3 is 6.18 Å². The van der Waals surface area contributed by atoms with Crippen molar-refractivity contribution in [2.45, 2.75) is 26.4 Å². The number of rotatable bonds is 4. The normalized spacial score (nSPS) is 13.1. The lowest BCUT2D eigenvalue weighted by atomic mass is 10.2. The maximum Gasteiger partial charge on any atom is 0.397 e. The van der Waals surface area contributed by atoms with E-state index in [1.165, 1.54) is 0 Å². The van der Waals surface area contributed by atoms with Crippen molar-refractivity contribution in [3.05, 3.63) is 0 Å². The first-order chi connectivity index (χ1) is 6.80. The van der Waals surface area contributed by atoms with E-state index in [2.05, 4.69) is 0 Å². The van der Waals surface area contributed by atoms with Crippen molar-refractivity contribution >= 4 is 5.91 Å². The number of amides is 1. The summed E-state index contributed by atoms with van der Waals surface area (Å²) in [6.07, 6.45) is -5.95. The molecule has 0 spiro atoms. The number of halogens is 3. The third kappa shape index (κ3) is 5.94. The van der Waals surface area contributed by atoms with Crippen LogP contribution in [0, 0.1) is 17.2 Å². The van der Waals surface area contributed by atoms with Crippen molar-refractivity contribution in [3.63, 3.8) is 0 Å². The largest absolute Gasteiger partial charge is 0.397 e. The van der Waals surface area contributed by atoms with Crippen LogP contribution in [0.15, 0.2) is 0 Å². The molecule has 0 saturated carbocycles. The zero-order chi connectivity index (χ0) is 12.1. The van der Waals surface area contributed by atoms with Gasteiger partial charge in [0.05, 0.1) is 12.0 Å². The van der Waals surface area contributed by atoms with Crippen molar-refractivity contribution in [2.24, 2.45) is 5.92 Å². The highest BCUT2D eigenvalue weighted by Crippen LogP contribution is 2.20. The highest BCUT2D eigenvalue weighted by Gasteiger charge is 2.33. The maximum absolute atomic E-state index is 11.9. The van der Waals surface area contributed by atoms with E-state index >= 15 is 0 Å². The van der Waals surface area contributed by atoms with Crippen LogP contribution in [0.25, 0.3) is 0 Å². The van der Waals surface area contributed by atoms with Crippen LogP contribution in [0.1, 0.15) is 20.3 Å². The molecule has 0 radical (unpaired) electrons. The van der Waals surface area contributed by atoms with Gasteiger partial charge in [-0.1, -0.05) is 0 Å². The molecule has 0 bridgehead atoms. The molecule has 0 fully saturated rings. The zero-order valence-corrected chi connectivity index (χ0v) is 8.64. The third-order valence-corrected chi connectivity index (χ3v) is 1.80. The summed E-state index contributed by atoms with van der Waals surface area (Å²) in [5.41, 5.74) is 0. The van der Waals surface area contributed by atoms with Crippen LogP contribution in [-0.2, 0) is 4.79 Å². The molecule has 0 heterocycles. The molecule has 0 aromatic carbocycles. The standard InChI is InChI=1S/C9H13F3N2O/c1-3-14(6-7(2)5-13)8(15)4-9(10,11)12/h7H,3-4,6H2,1-2H3. The smallest absolute Gasteiger partial charge is 0.341 e. The Bertz CT molecular complexity index is 257. The topological polar surface area (TPSA) is 44.1 Å². The fourth-order valence-corrected chi connectivity index (χ4v) is 1.06. The van der Waals surface area contributed by atoms with Gasteiger partial charge < -0.3 is 4.90 Å². The Kier molecular flexibility index (Phi) is 5.12. The predicted molar refractivity (Wildman–Crippen MR) is 47.7 cm³/mol. The highest BCUT2D eigenvalue weighted by atomic mass is 19.4. The van der Waals surface area contributed by atoms with Crippen molar-refractivity contribution in [1.82, 2.24) is 4.90 Å². The molecule has 0 aliphatic carbocycles.